The van der Waals surface area contributed by atoms with Crippen LogP contribution < -0.4 is 11.1 Å². The lowest BCUT2D eigenvalue weighted by atomic mass is 9.96. The molecule has 0 spiro atoms. The van der Waals surface area contributed by atoms with Gasteiger partial charge in [0.1, 0.15) is 11.9 Å². The normalized spacial score (nSPS) is 16.4. The fraction of sp³-hybridized carbons (Fsp3) is 0.389. The zero-order valence-electron chi connectivity index (χ0n) is 14.3. The lowest BCUT2D eigenvalue weighted by Crippen LogP contribution is -2.47. The Morgan fingerprint density at radius 2 is 1.92 bits per heavy atom. The number of imidazole rings is 1. The van der Waals surface area contributed by atoms with Crippen molar-refractivity contribution in [1.29, 1.82) is 0 Å². The van der Waals surface area contributed by atoms with Crippen LogP contribution in [0.5, 0.6) is 0 Å². The van der Waals surface area contributed by atoms with Crippen LogP contribution in [0.15, 0.2) is 42.7 Å². The van der Waals surface area contributed by atoms with E-state index < -0.39 is 0 Å². The van der Waals surface area contributed by atoms with Gasteiger partial charge in [-0.3, -0.25) is 4.79 Å². The van der Waals surface area contributed by atoms with Crippen molar-refractivity contribution in [1.82, 2.24) is 19.8 Å². The quantitative estimate of drug-likeness (QED) is 0.880. The van der Waals surface area contributed by atoms with Gasteiger partial charge in [0.15, 0.2) is 0 Å². The molecule has 0 bridgehead atoms. The van der Waals surface area contributed by atoms with E-state index in [9.17, 15) is 9.59 Å². The molecule has 7 heteroatoms. The highest BCUT2D eigenvalue weighted by Gasteiger charge is 2.28. The number of benzene rings is 1. The van der Waals surface area contributed by atoms with Crippen LogP contribution >= 0.6 is 0 Å². The summed E-state index contributed by atoms with van der Waals surface area (Å²) in [6, 6.07) is 9.28. The van der Waals surface area contributed by atoms with Gasteiger partial charge in [0, 0.05) is 38.4 Å². The first-order valence-electron chi connectivity index (χ1n) is 8.43. The maximum atomic E-state index is 12.7. The molecule has 1 atom stereocenters. The number of primary amides is 1. The molecule has 0 aliphatic carbocycles. The minimum absolute atomic E-state index is 0.136. The fourth-order valence-corrected chi connectivity index (χ4v) is 3.18. The van der Waals surface area contributed by atoms with E-state index in [2.05, 4.69) is 10.3 Å². The van der Waals surface area contributed by atoms with Crippen molar-refractivity contribution in [3.63, 3.8) is 0 Å². The Bertz CT molecular complexity index is 735. The van der Waals surface area contributed by atoms with E-state index in [1.807, 2.05) is 48.1 Å². The van der Waals surface area contributed by atoms with E-state index in [4.69, 9.17) is 5.73 Å². The van der Waals surface area contributed by atoms with Gasteiger partial charge in [0.05, 0.1) is 0 Å². The molecule has 3 rings (SSSR count). The minimum Gasteiger partial charge on any atom is -0.369 e. The number of nitrogens with two attached hydrogens (primary N) is 1. The van der Waals surface area contributed by atoms with Gasteiger partial charge in [-0.05, 0) is 18.4 Å². The predicted octanol–water partition coefficient (Wildman–Crippen LogP) is 1.42. The van der Waals surface area contributed by atoms with Crippen molar-refractivity contribution in [2.24, 2.45) is 18.7 Å². The average molecular weight is 341 g/mol. The van der Waals surface area contributed by atoms with Gasteiger partial charge in [0.25, 0.3) is 0 Å². The van der Waals surface area contributed by atoms with Gasteiger partial charge in [-0.2, -0.15) is 0 Å². The predicted molar refractivity (Wildman–Crippen MR) is 93.5 cm³/mol. The summed E-state index contributed by atoms with van der Waals surface area (Å²) in [4.78, 5) is 30.1. The summed E-state index contributed by atoms with van der Waals surface area (Å²) in [5.41, 5.74) is 6.33. The van der Waals surface area contributed by atoms with Crippen LogP contribution in [0.25, 0.3) is 0 Å². The molecule has 3 N–H and O–H groups in total. The smallest absolute Gasteiger partial charge is 0.318 e. The third kappa shape index (κ3) is 3.81. The third-order valence-corrected chi connectivity index (χ3v) is 4.70. The molecule has 3 amide bonds. The molecule has 1 aliphatic heterocycles. The molecule has 1 fully saturated rings. The monoisotopic (exact) mass is 341 g/mol. The minimum atomic E-state index is -0.331. The number of urea groups is 1. The SMILES string of the molecule is Cn1ccnc1[C@H](NC(=O)N1CCC(C(N)=O)CC1)c1ccccc1. The van der Waals surface area contributed by atoms with Gasteiger partial charge in [-0.25, -0.2) is 9.78 Å². The Morgan fingerprint density at radius 3 is 2.48 bits per heavy atom. The molecular weight excluding hydrogens is 318 g/mol. The standard InChI is InChI=1S/C18H23N5O2/c1-22-12-9-20-17(22)15(13-5-3-2-4-6-13)21-18(25)23-10-7-14(8-11-23)16(19)24/h2-6,9,12,14-15H,7-8,10-11H2,1H3,(H2,19,24)(H,21,25)/t15-/m1/s1. The summed E-state index contributed by atoms with van der Waals surface area (Å²) in [5.74, 6) is 0.352. The number of hydrogen-bond donors (Lipinski definition) is 2. The topological polar surface area (TPSA) is 93.2 Å². The molecule has 25 heavy (non-hydrogen) atoms. The van der Waals surface area contributed by atoms with Crippen molar-refractivity contribution in [2.45, 2.75) is 18.9 Å². The number of piperidine rings is 1. The van der Waals surface area contributed by atoms with Gasteiger partial charge >= 0.3 is 6.03 Å². The zero-order valence-corrected chi connectivity index (χ0v) is 14.3. The molecule has 132 valence electrons. The molecule has 2 aromatic rings. The lowest BCUT2D eigenvalue weighted by molar-refractivity contribution is -0.123. The van der Waals surface area contributed by atoms with Crippen LogP contribution in [-0.4, -0.2) is 39.5 Å². The second-order valence-electron chi connectivity index (χ2n) is 6.35. The summed E-state index contributed by atoms with van der Waals surface area (Å²) in [7, 11) is 1.91. The number of aryl methyl sites for hydroxylation is 1. The molecule has 1 aliphatic rings. The summed E-state index contributed by atoms with van der Waals surface area (Å²) in [5, 5.41) is 3.08. The van der Waals surface area contributed by atoms with Crippen LogP contribution in [0.1, 0.15) is 30.3 Å². The third-order valence-electron chi connectivity index (χ3n) is 4.70. The molecule has 7 nitrogen and oxygen atoms in total. The highest BCUT2D eigenvalue weighted by atomic mass is 16.2. The molecule has 0 unspecified atom stereocenters. The second-order valence-corrected chi connectivity index (χ2v) is 6.35. The maximum Gasteiger partial charge on any atom is 0.318 e. The van der Waals surface area contributed by atoms with Gasteiger partial charge < -0.3 is 20.5 Å². The van der Waals surface area contributed by atoms with Crippen molar-refractivity contribution in [3.8, 4) is 0 Å². The molecule has 0 radical (unpaired) electrons. The largest absolute Gasteiger partial charge is 0.369 e. The first-order valence-corrected chi connectivity index (χ1v) is 8.43. The first-order chi connectivity index (χ1) is 12.1. The van der Waals surface area contributed by atoms with E-state index in [1.54, 1.807) is 11.1 Å². The van der Waals surface area contributed by atoms with Crippen LogP contribution in [0.2, 0.25) is 0 Å². The van der Waals surface area contributed by atoms with Crippen LogP contribution in [0.3, 0.4) is 0 Å². The first kappa shape index (κ1) is 17.0. The summed E-state index contributed by atoms with van der Waals surface area (Å²) in [6.07, 6.45) is 4.80. The van der Waals surface area contributed by atoms with Gasteiger partial charge in [-0.1, -0.05) is 30.3 Å². The van der Waals surface area contributed by atoms with E-state index in [1.165, 1.54) is 0 Å². The number of carbonyl (C=O) groups is 2. The van der Waals surface area contributed by atoms with Gasteiger partial charge in [-0.15, -0.1) is 0 Å². The zero-order chi connectivity index (χ0) is 17.8. The molecule has 2 heterocycles. The molecule has 0 saturated carbocycles. The van der Waals surface area contributed by atoms with E-state index in [0.29, 0.717) is 25.9 Å². The lowest BCUT2D eigenvalue weighted by Gasteiger charge is -2.32. The summed E-state index contributed by atoms with van der Waals surface area (Å²) < 4.78 is 1.90. The van der Waals surface area contributed by atoms with Crippen molar-refractivity contribution < 1.29 is 9.59 Å². The van der Waals surface area contributed by atoms with Crippen molar-refractivity contribution in [2.75, 3.05) is 13.1 Å². The van der Waals surface area contributed by atoms with Gasteiger partial charge in [0.2, 0.25) is 5.91 Å². The summed E-state index contributed by atoms with van der Waals surface area (Å²) >= 11 is 0. The number of rotatable bonds is 4. The van der Waals surface area contributed by atoms with Crippen LogP contribution in [0.4, 0.5) is 4.79 Å². The Kier molecular flexibility index (Phi) is 5.02. The highest BCUT2D eigenvalue weighted by Crippen LogP contribution is 2.22. The Hall–Kier alpha value is -2.83. The average Bonchev–Trinajstić information content (AvgIpc) is 3.06. The maximum absolute atomic E-state index is 12.7. The van der Waals surface area contributed by atoms with E-state index in [0.717, 1.165) is 11.4 Å². The number of aromatic nitrogens is 2. The second kappa shape index (κ2) is 7.38. The highest BCUT2D eigenvalue weighted by molar-refractivity contribution is 5.78. The van der Waals surface area contributed by atoms with Crippen molar-refractivity contribution in [3.05, 3.63) is 54.1 Å². The van der Waals surface area contributed by atoms with Crippen molar-refractivity contribution >= 4 is 11.9 Å². The number of likely N-dealkylation sites (tertiary alicyclic amines) is 1. The number of carbonyl (C=O) groups excluding carboxylic acids is 2. The molecule has 1 aromatic heterocycles. The molecule has 1 aromatic carbocycles. The number of nitrogens with one attached hydrogen (secondary N) is 1. The van der Waals surface area contributed by atoms with E-state index in [-0.39, 0.29) is 23.9 Å². The molecule has 1 saturated heterocycles. The van der Waals surface area contributed by atoms with Crippen LogP contribution in [0, 0.1) is 5.92 Å². The Labute approximate surface area is 146 Å². The number of nitrogens with zero attached hydrogens (tertiary/aromatic N) is 3. The van der Waals surface area contributed by atoms with Crippen LogP contribution in [-0.2, 0) is 11.8 Å². The van der Waals surface area contributed by atoms with E-state index >= 15 is 0 Å². The Morgan fingerprint density at radius 1 is 1.24 bits per heavy atom. The Balaban J connectivity index is 1.74. The summed E-state index contributed by atoms with van der Waals surface area (Å²) in [6.45, 7) is 1.06. The number of amides is 3. The number of hydrogen-bond acceptors (Lipinski definition) is 3. The fourth-order valence-electron chi connectivity index (χ4n) is 3.18. The molecular formula is C18H23N5O2.